The summed E-state index contributed by atoms with van der Waals surface area (Å²) in [6.07, 6.45) is 1.14. The normalized spacial score (nSPS) is 23.0. The van der Waals surface area contributed by atoms with Gasteiger partial charge in [-0.15, -0.1) is 0 Å². The topological polar surface area (TPSA) is 64.4 Å². The smallest absolute Gasteiger partial charge is 0.293 e. The lowest BCUT2D eigenvalue weighted by Gasteiger charge is -2.16. The lowest BCUT2D eigenvalue weighted by molar-refractivity contribution is -0.383. The van der Waals surface area contributed by atoms with E-state index in [9.17, 15) is 10.1 Å². The summed E-state index contributed by atoms with van der Waals surface area (Å²) < 4.78 is 5.45. The molecule has 18 heavy (non-hydrogen) atoms. The van der Waals surface area contributed by atoms with Crippen LogP contribution in [0.2, 0.25) is 5.02 Å². The third-order valence-corrected chi connectivity index (χ3v) is 3.58. The van der Waals surface area contributed by atoms with Gasteiger partial charge in [0.25, 0.3) is 5.69 Å². The van der Waals surface area contributed by atoms with Gasteiger partial charge in [-0.3, -0.25) is 10.1 Å². The highest BCUT2D eigenvalue weighted by molar-refractivity contribution is 6.33. The number of halogens is 1. The SMILES string of the molecule is CC1OCCC1CNc1c(Cl)cccc1[N+](=O)[O-]. The number of nitro groups is 1. The molecular weight excluding hydrogens is 256 g/mol. The quantitative estimate of drug-likeness (QED) is 0.674. The van der Waals surface area contributed by atoms with E-state index >= 15 is 0 Å². The molecule has 1 fully saturated rings. The van der Waals surface area contributed by atoms with Crippen molar-refractivity contribution in [2.24, 2.45) is 5.92 Å². The summed E-state index contributed by atoms with van der Waals surface area (Å²) in [5.74, 6) is 0.362. The molecule has 0 saturated carbocycles. The Bertz CT molecular complexity index is 453. The zero-order valence-corrected chi connectivity index (χ0v) is 10.8. The highest BCUT2D eigenvalue weighted by Crippen LogP contribution is 2.32. The van der Waals surface area contributed by atoms with Crippen LogP contribution in [0.25, 0.3) is 0 Å². The van der Waals surface area contributed by atoms with Crippen molar-refractivity contribution < 1.29 is 9.66 Å². The van der Waals surface area contributed by atoms with Gasteiger partial charge in [0.15, 0.2) is 0 Å². The van der Waals surface area contributed by atoms with Crippen LogP contribution in [0.1, 0.15) is 13.3 Å². The Morgan fingerprint density at radius 3 is 3.00 bits per heavy atom. The molecule has 1 aliphatic rings. The van der Waals surface area contributed by atoms with Crippen molar-refractivity contribution in [1.82, 2.24) is 0 Å². The molecule has 2 atom stereocenters. The molecule has 0 spiro atoms. The van der Waals surface area contributed by atoms with E-state index < -0.39 is 4.92 Å². The van der Waals surface area contributed by atoms with Crippen molar-refractivity contribution in [3.63, 3.8) is 0 Å². The predicted molar refractivity (Wildman–Crippen MR) is 70.1 cm³/mol. The van der Waals surface area contributed by atoms with Crippen LogP contribution in [0.3, 0.4) is 0 Å². The molecule has 2 unspecified atom stereocenters. The highest BCUT2D eigenvalue weighted by Gasteiger charge is 2.25. The Kier molecular flexibility index (Phi) is 4.04. The number of hydrogen-bond donors (Lipinski definition) is 1. The first-order valence-corrected chi connectivity index (χ1v) is 6.25. The van der Waals surface area contributed by atoms with Gasteiger partial charge in [-0.2, -0.15) is 0 Å². The minimum Gasteiger partial charge on any atom is -0.378 e. The van der Waals surface area contributed by atoms with E-state index in [0.717, 1.165) is 13.0 Å². The molecule has 2 rings (SSSR count). The molecule has 1 heterocycles. The van der Waals surface area contributed by atoms with Crippen LogP contribution in [0, 0.1) is 16.0 Å². The molecule has 1 aliphatic heterocycles. The second-order valence-corrected chi connectivity index (χ2v) is 4.80. The molecule has 5 nitrogen and oxygen atoms in total. The number of anilines is 1. The number of nitrogens with zero attached hydrogens (tertiary/aromatic N) is 1. The molecule has 0 aliphatic carbocycles. The minimum atomic E-state index is -0.428. The molecule has 1 N–H and O–H groups in total. The van der Waals surface area contributed by atoms with Gasteiger partial charge in [0.2, 0.25) is 0 Å². The van der Waals surface area contributed by atoms with Crippen LogP contribution in [0.15, 0.2) is 18.2 Å². The summed E-state index contributed by atoms with van der Waals surface area (Å²) in [6, 6.07) is 4.67. The lowest BCUT2D eigenvalue weighted by Crippen LogP contribution is -2.21. The predicted octanol–water partition coefficient (Wildman–Crippen LogP) is 3.09. The number of nitro benzene ring substituents is 1. The van der Waals surface area contributed by atoms with E-state index in [1.54, 1.807) is 12.1 Å². The molecule has 0 radical (unpaired) electrons. The average Bonchev–Trinajstić information content (AvgIpc) is 2.73. The third-order valence-electron chi connectivity index (χ3n) is 3.26. The van der Waals surface area contributed by atoms with Crippen molar-refractivity contribution in [3.05, 3.63) is 33.3 Å². The van der Waals surface area contributed by atoms with Gasteiger partial charge in [0.05, 0.1) is 16.0 Å². The maximum Gasteiger partial charge on any atom is 0.293 e. The second-order valence-electron chi connectivity index (χ2n) is 4.40. The van der Waals surface area contributed by atoms with Crippen molar-refractivity contribution in [1.29, 1.82) is 0 Å². The Balaban J connectivity index is 2.11. The highest BCUT2D eigenvalue weighted by atomic mass is 35.5. The van der Waals surface area contributed by atoms with Crippen LogP contribution in [-0.2, 0) is 4.74 Å². The largest absolute Gasteiger partial charge is 0.378 e. The Hall–Kier alpha value is -1.33. The van der Waals surface area contributed by atoms with Crippen molar-refractivity contribution in [2.45, 2.75) is 19.4 Å². The van der Waals surface area contributed by atoms with Crippen LogP contribution in [-0.4, -0.2) is 24.2 Å². The van der Waals surface area contributed by atoms with E-state index in [4.69, 9.17) is 16.3 Å². The zero-order chi connectivity index (χ0) is 13.1. The maximum absolute atomic E-state index is 10.9. The summed E-state index contributed by atoms with van der Waals surface area (Å²) in [6.45, 7) is 3.39. The van der Waals surface area contributed by atoms with Gasteiger partial charge in [0.1, 0.15) is 5.69 Å². The van der Waals surface area contributed by atoms with E-state index in [2.05, 4.69) is 5.32 Å². The molecule has 1 aromatic rings. The molecule has 1 aromatic carbocycles. The number of nitrogens with one attached hydrogen (secondary N) is 1. The number of hydrogen-bond acceptors (Lipinski definition) is 4. The van der Waals surface area contributed by atoms with Gasteiger partial charge in [-0.05, 0) is 19.4 Å². The fourth-order valence-corrected chi connectivity index (χ4v) is 2.35. The first kappa shape index (κ1) is 13.1. The third kappa shape index (κ3) is 2.73. The fourth-order valence-electron chi connectivity index (χ4n) is 2.12. The van der Waals surface area contributed by atoms with Gasteiger partial charge in [0, 0.05) is 25.1 Å². The molecule has 6 heteroatoms. The molecule has 1 saturated heterocycles. The molecule has 0 aromatic heterocycles. The first-order valence-electron chi connectivity index (χ1n) is 5.88. The molecule has 0 bridgehead atoms. The van der Waals surface area contributed by atoms with Crippen LogP contribution in [0.5, 0.6) is 0 Å². The fraction of sp³-hybridized carbons (Fsp3) is 0.500. The molecule has 98 valence electrons. The summed E-state index contributed by atoms with van der Waals surface area (Å²) in [5.41, 5.74) is 0.400. The van der Waals surface area contributed by atoms with Gasteiger partial charge in [-0.25, -0.2) is 0 Å². The summed E-state index contributed by atoms with van der Waals surface area (Å²) in [4.78, 5) is 10.5. The Morgan fingerprint density at radius 2 is 2.39 bits per heavy atom. The standard InChI is InChI=1S/C12H15ClN2O3/c1-8-9(5-6-18-8)7-14-12-10(13)3-2-4-11(12)15(16)17/h2-4,8-9,14H,5-7H2,1H3. The second kappa shape index (κ2) is 5.54. The van der Waals surface area contributed by atoms with Crippen molar-refractivity contribution >= 4 is 23.0 Å². The van der Waals surface area contributed by atoms with E-state index in [1.807, 2.05) is 6.92 Å². The van der Waals surface area contributed by atoms with Crippen molar-refractivity contribution in [3.8, 4) is 0 Å². The number of rotatable bonds is 4. The zero-order valence-electron chi connectivity index (χ0n) is 10.1. The number of para-hydroxylation sites is 1. The van der Waals surface area contributed by atoms with Crippen molar-refractivity contribution in [2.75, 3.05) is 18.5 Å². The molecule has 0 amide bonds. The first-order chi connectivity index (χ1) is 8.59. The summed E-state index contributed by atoms with van der Waals surface area (Å²) >= 11 is 6.00. The van der Waals surface area contributed by atoms with E-state index in [-0.39, 0.29) is 11.8 Å². The van der Waals surface area contributed by atoms with E-state index in [0.29, 0.717) is 23.2 Å². The summed E-state index contributed by atoms with van der Waals surface area (Å²) in [7, 11) is 0. The van der Waals surface area contributed by atoms with Crippen LogP contribution < -0.4 is 5.32 Å². The monoisotopic (exact) mass is 270 g/mol. The summed E-state index contributed by atoms with van der Waals surface area (Å²) in [5, 5.41) is 14.4. The number of ether oxygens (including phenoxy) is 1. The van der Waals surface area contributed by atoms with Crippen LogP contribution in [0.4, 0.5) is 11.4 Å². The van der Waals surface area contributed by atoms with Gasteiger partial charge in [-0.1, -0.05) is 17.7 Å². The van der Waals surface area contributed by atoms with Crippen LogP contribution >= 0.6 is 11.6 Å². The lowest BCUT2D eigenvalue weighted by atomic mass is 10.0. The average molecular weight is 271 g/mol. The van der Waals surface area contributed by atoms with Gasteiger partial charge < -0.3 is 10.1 Å². The molecular formula is C12H15ClN2O3. The number of benzene rings is 1. The maximum atomic E-state index is 10.9. The minimum absolute atomic E-state index is 0.00840. The van der Waals surface area contributed by atoms with E-state index in [1.165, 1.54) is 6.07 Å². The Labute approximate surface area is 110 Å². The Morgan fingerprint density at radius 1 is 1.61 bits per heavy atom. The van der Waals surface area contributed by atoms with Gasteiger partial charge >= 0.3 is 0 Å².